The fourth-order valence-electron chi connectivity index (χ4n) is 4.87. The van der Waals surface area contributed by atoms with E-state index < -0.39 is 15.6 Å². The molecular formula is C32H66Na2O8P2. The molecule has 0 fully saturated rings. The van der Waals surface area contributed by atoms with Gasteiger partial charge in [-0.25, -0.2) is 0 Å². The summed E-state index contributed by atoms with van der Waals surface area (Å²) in [7, 11) is -8.43. The molecule has 0 aliphatic carbocycles. The van der Waals surface area contributed by atoms with Crippen molar-refractivity contribution in [3.8, 4) is 0 Å². The molecule has 0 aliphatic heterocycles. The molecule has 254 valence electrons. The minimum absolute atomic E-state index is 0. The Morgan fingerprint density at radius 1 is 0.341 bits per heavy atom. The largest absolute Gasteiger partial charge is 1.00 e. The van der Waals surface area contributed by atoms with Crippen LogP contribution in [0.2, 0.25) is 0 Å². The molecule has 0 rings (SSSR count). The third-order valence-electron chi connectivity index (χ3n) is 7.53. The standard InChI is InChI=1S/C32H68O8P2.2Na/c1-3-5-7-9-11-13-15-17-21-25-29-37-41(33,34)39-31-27-23-19-20-24-28-32-40-42(35,36)38-30-26-22-18-16-14-12-10-8-6-4-2;;/h3-32H2,1-2H3,(H,33,34)(H,35,36);;/q;2*+1/p-2. The Hall–Kier alpha value is 2.22. The summed E-state index contributed by atoms with van der Waals surface area (Å²) < 4.78 is 43.6. The van der Waals surface area contributed by atoms with Gasteiger partial charge in [-0.1, -0.05) is 155 Å². The Morgan fingerprint density at radius 2 is 0.500 bits per heavy atom. The molecule has 2 atom stereocenters. The van der Waals surface area contributed by atoms with E-state index in [1.54, 1.807) is 0 Å². The summed E-state index contributed by atoms with van der Waals surface area (Å²) >= 11 is 0. The quantitative estimate of drug-likeness (QED) is 0.0554. The van der Waals surface area contributed by atoms with Gasteiger partial charge in [0.15, 0.2) is 0 Å². The molecular weight excluding hydrogens is 620 g/mol. The minimum Gasteiger partial charge on any atom is -0.756 e. The maximum Gasteiger partial charge on any atom is 1.00 e. The predicted octanol–water partition coefficient (Wildman–Crippen LogP) is 4.18. The Bertz CT molecular complexity index is 608. The molecule has 0 heterocycles. The van der Waals surface area contributed by atoms with Crippen molar-refractivity contribution in [1.29, 1.82) is 0 Å². The second kappa shape index (κ2) is 38.0. The molecule has 44 heavy (non-hydrogen) atoms. The molecule has 0 saturated heterocycles. The topological polar surface area (TPSA) is 117 Å². The minimum atomic E-state index is -4.21. The van der Waals surface area contributed by atoms with Gasteiger partial charge in [0.1, 0.15) is 0 Å². The molecule has 0 saturated carbocycles. The van der Waals surface area contributed by atoms with Crippen LogP contribution in [0.5, 0.6) is 0 Å². The number of rotatable bonds is 35. The Kier molecular flexibility index (Phi) is 43.7. The van der Waals surface area contributed by atoms with Gasteiger partial charge >= 0.3 is 59.1 Å². The van der Waals surface area contributed by atoms with Gasteiger partial charge in [-0.05, 0) is 25.7 Å². The summed E-state index contributed by atoms with van der Waals surface area (Å²) in [6.45, 7) is 5.12. The summed E-state index contributed by atoms with van der Waals surface area (Å²) in [6, 6.07) is 0. The predicted molar refractivity (Wildman–Crippen MR) is 170 cm³/mol. The molecule has 8 nitrogen and oxygen atoms in total. The number of hydrogen-bond donors (Lipinski definition) is 0. The molecule has 0 N–H and O–H groups in total. The van der Waals surface area contributed by atoms with Gasteiger partial charge < -0.3 is 27.9 Å². The summed E-state index contributed by atoms with van der Waals surface area (Å²) in [5.41, 5.74) is 0. The molecule has 2 unspecified atom stereocenters. The van der Waals surface area contributed by atoms with E-state index in [0.29, 0.717) is 12.8 Å². The van der Waals surface area contributed by atoms with Crippen molar-refractivity contribution >= 4 is 15.6 Å². The van der Waals surface area contributed by atoms with E-state index in [1.807, 2.05) is 0 Å². The van der Waals surface area contributed by atoms with Gasteiger partial charge in [-0.15, -0.1) is 0 Å². The first kappa shape index (κ1) is 50.6. The first-order valence-electron chi connectivity index (χ1n) is 17.5. The van der Waals surface area contributed by atoms with Crippen molar-refractivity contribution in [2.24, 2.45) is 0 Å². The molecule has 0 spiro atoms. The van der Waals surface area contributed by atoms with Crippen LogP contribution in [0, 0.1) is 0 Å². The molecule has 12 heteroatoms. The van der Waals surface area contributed by atoms with Gasteiger partial charge in [0, 0.05) is 0 Å². The van der Waals surface area contributed by atoms with Crippen molar-refractivity contribution in [3.05, 3.63) is 0 Å². The van der Waals surface area contributed by atoms with Crippen molar-refractivity contribution in [3.63, 3.8) is 0 Å². The van der Waals surface area contributed by atoms with Crippen LogP contribution < -0.4 is 68.9 Å². The average Bonchev–Trinajstić information content (AvgIpc) is 2.95. The van der Waals surface area contributed by atoms with Gasteiger partial charge in [-0.3, -0.25) is 9.13 Å². The molecule has 0 aromatic carbocycles. The van der Waals surface area contributed by atoms with Crippen LogP contribution in [-0.2, 0) is 27.2 Å². The van der Waals surface area contributed by atoms with Gasteiger partial charge in [0.05, 0.1) is 26.4 Å². The van der Waals surface area contributed by atoms with Crippen molar-refractivity contribution in [1.82, 2.24) is 0 Å². The van der Waals surface area contributed by atoms with Gasteiger partial charge in [-0.2, -0.15) is 0 Å². The van der Waals surface area contributed by atoms with Crippen LogP contribution in [-0.4, -0.2) is 26.4 Å². The summed E-state index contributed by atoms with van der Waals surface area (Å²) in [4.78, 5) is 23.7. The van der Waals surface area contributed by atoms with E-state index in [2.05, 4.69) is 13.8 Å². The van der Waals surface area contributed by atoms with Gasteiger partial charge in [0.2, 0.25) is 0 Å². The van der Waals surface area contributed by atoms with Crippen LogP contribution in [0.15, 0.2) is 0 Å². The number of unbranched alkanes of at least 4 members (excludes halogenated alkanes) is 23. The van der Waals surface area contributed by atoms with E-state index in [0.717, 1.165) is 64.2 Å². The monoisotopic (exact) mass is 686 g/mol. The molecule has 0 aromatic heterocycles. The number of phosphoric ester groups is 2. The summed E-state index contributed by atoms with van der Waals surface area (Å²) in [6.07, 6.45) is 28.6. The number of hydrogen-bond acceptors (Lipinski definition) is 8. The third kappa shape index (κ3) is 40.4. The van der Waals surface area contributed by atoms with E-state index in [1.165, 1.54) is 89.9 Å². The van der Waals surface area contributed by atoms with Crippen LogP contribution in [0.1, 0.15) is 181 Å². The van der Waals surface area contributed by atoms with E-state index in [9.17, 15) is 18.9 Å². The zero-order chi connectivity index (χ0) is 31.0. The van der Waals surface area contributed by atoms with Crippen molar-refractivity contribution < 1.29 is 96.1 Å². The first-order chi connectivity index (χ1) is 20.3. The maximum atomic E-state index is 11.9. The van der Waals surface area contributed by atoms with Crippen LogP contribution in [0.25, 0.3) is 0 Å². The molecule has 0 bridgehead atoms. The third-order valence-corrected chi connectivity index (χ3v) is 9.53. The average molecular weight is 687 g/mol. The zero-order valence-corrected chi connectivity index (χ0v) is 35.2. The Balaban J connectivity index is -0.00000840. The molecule has 0 radical (unpaired) electrons. The van der Waals surface area contributed by atoms with Crippen LogP contribution in [0.4, 0.5) is 0 Å². The normalized spacial score (nSPS) is 14.0. The van der Waals surface area contributed by atoms with E-state index in [-0.39, 0.29) is 85.5 Å². The van der Waals surface area contributed by atoms with Crippen molar-refractivity contribution in [2.45, 2.75) is 181 Å². The smallest absolute Gasteiger partial charge is 0.756 e. The van der Waals surface area contributed by atoms with E-state index in [4.69, 9.17) is 18.1 Å². The molecule has 0 aliphatic rings. The number of phosphoric acid groups is 2. The fraction of sp³-hybridized carbons (Fsp3) is 1.00. The zero-order valence-electron chi connectivity index (χ0n) is 29.4. The van der Waals surface area contributed by atoms with Crippen molar-refractivity contribution in [2.75, 3.05) is 26.4 Å². The SMILES string of the molecule is CCCCCCCCCCCCOP(=O)([O-])OCCCCCCCCOP(=O)([O-])OCCCCCCCCCCCC.[Na+].[Na+]. The van der Waals surface area contributed by atoms with E-state index >= 15 is 0 Å². The summed E-state index contributed by atoms with van der Waals surface area (Å²) in [5, 5.41) is 0. The second-order valence-electron chi connectivity index (χ2n) is 11.7. The van der Waals surface area contributed by atoms with Gasteiger partial charge in [0.25, 0.3) is 15.6 Å². The summed E-state index contributed by atoms with van der Waals surface area (Å²) in [5.74, 6) is 0. The second-order valence-corrected chi connectivity index (χ2v) is 14.5. The Morgan fingerprint density at radius 3 is 0.682 bits per heavy atom. The first-order valence-corrected chi connectivity index (χ1v) is 20.5. The fourth-order valence-corrected chi connectivity index (χ4v) is 6.43. The van der Waals surface area contributed by atoms with Crippen LogP contribution >= 0.6 is 15.6 Å². The molecule has 0 aromatic rings. The van der Waals surface area contributed by atoms with Crippen LogP contribution in [0.3, 0.4) is 0 Å². The maximum absolute atomic E-state index is 11.9. The Labute approximate surface area is 316 Å². The molecule has 0 amide bonds.